The molecule has 1 aromatic heterocycles. The van der Waals surface area contributed by atoms with Gasteiger partial charge in [0, 0.05) is 17.7 Å². The third kappa shape index (κ3) is 3.71. The summed E-state index contributed by atoms with van der Waals surface area (Å²) in [6.45, 7) is 2.90. The van der Waals surface area contributed by atoms with Crippen LogP contribution in [-0.4, -0.2) is 30.9 Å². The molecule has 4 rings (SSSR count). The molecule has 5 heteroatoms. The number of benzene rings is 2. The minimum absolute atomic E-state index is 0.169. The van der Waals surface area contributed by atoms with Crippen molar-refractivity contribution in [2.75, 3.05) is 13.2 Å². The van der Waals surface area contributed by atoms with E-state index in [0.29, 0.717) is 18.6 Å². The summed E-state index contributed by atoms with van der Waals surface area (Å²) >= 11 is 0. The molecule has 0 unspecified atom stereocenters. The summed E-state index contributed by atoms with van der Waals surface area (Å²) in [4.78, 5) is 24.8. The fraction of sp³-hybridized carbons (Fsp3) is 0.304. The highest BCUT2D eigenvalue weighted by Crippen LogP contribution is 2.29. The lowest BCUT2D eigenvalue weighted by Gasteiger charge is -2.19. The van der Waals surface area contributed by atoms with Crippen LogP contribution < -0.4 is 5.32 Å². The van der Waals surface area contributed by atoms with Gasteiger partial charge in [0.05, 0.1) is 12.6 Å². The van der Waals surface area contributed by atoms with Crippen LogP contribution in [0.3, 0.4) is 0 Å². The Morgan fingerprint density at radius 1 is 1.14 bits per heavy atom. The molecule has 3 aromatic rings. The molecular weight excluding hydrogens is 354 g/mol. The molecule has 1 saturated heterocycles. The highest BCUT2D eigenvalue weighted by molar-refractivity contribution is 5.93. The van der Waals surface area contributed by atoms with Crippen molar-refractivity contribution in [3.8, 4) is 0 Å². The highest BCUT2D eigenvalue weighted by atomic mass is 16.5. The highest BCUT2D eigenvalue weighted by Gasteiger charge is 2.33. The number of Topliss-reactive ketones (excluding diaryl/α,β-unsaturated/α-hetero) is 1. The molecule has 5 nitrogen and oxygen atoms in total. The average Bonchev–Trinajstić information content (AvgIpc) is 3.36. The molecular formula is C23H23NO4. The van der Waals surface area contributed by atoms with E-state index in [0.717, 1.165) is 23.9 Å². The number of fused-ring (bicyclic) bond motifs is 1. The molecule has 2 aromatic carbocycles. The number of hydrogen-bond acceptors (Lipinski definition) is 5. The lowest BCUT2D eigenvalue weighted by atomic mass is 9.88. The van der Waals surface area contributed by atoms with Gasteiger partial charge in [-0.2, -0.15) is 0 Å². The van der Waals surface area contributed by atoms with E-state index in [1.165, 1.54) is 5.56 Å². The lowest BCUT2D eigenvalue weighted by Crippen LogP contribution is -2.35. The van der Waals surface area contributed by atoms with Gasteiger partial charge in [0.15, 0.2) is 5.78 Å². The number of carbonyl (C=O) groups excluding carboxylic acids is 2. The average molecular weight is 377 g/mol. The van der Waals surface area contributed by atoms with E-state index >= 15 is 0 Å². The van der Waals surface area contributed by atoms with Crippen LogP contribution >= 0.6 is 0 Å². The molecule has 1 fully saturated rings. The van der Waals surface area contributed by atoms with Crippen molar-refractivity contribution in [1.82, 2.24) is 5.32 Å². The Balaban J connectivity index is 1.51. The Morgan fingerprint density at radius 2 is 1.96 bits per heavy atom. The number of ketones is 1. The number of hydrogen-bond donors (Lipinski definition) is 1. The summed E-state index contributed by atoms with van der Waals surface area (Å²) in [6, 6.07) is 17.3. The predicted molar refractivity (Wildman–Crippen MR) is 106 cm³/mol. The van der Waals surface area contributed by atoms with E-state index in [1.807, 2.05) is 30.3 Å². The van der Waals surface area contributed by atoms with E-state index in [4.69, 9.17) is 9.15 Å². The molecule has 0 amide bonds. The van der Waals surface area contributed by atoms with Crippen LogP contribution in [-0.2, 0) is 16.0 Å². The smallest absolute Gasteiger partial charge is 0.374 e. The van der Waals surface area contributed by atoms with E-state index in [-0.39, 0.29) is 23.5 Å². The molecule has 28 heavy (non-hydrogen) atoms. The van der Waals surface area contributed by atoms with Crippen LogP contribution in [0.1, 0.15) is 40.9 Å². The normalized spacial score (nSPS) is 19.0. The largest absolute Gasteiger partial charge is 0.460 e. The Bertz CT molecular complexity index is 992. The first-order valence-corrected chi connectivity index (χ1v) is 9.66. The predicted octanol–water partition coefficient (Wildman–Crippen LogP) is 3.87. The molecule has 0 spiro atoms. The topological polar surface area (TPSA) is 68.5 Å². The molecule has 0 bridgehead atoms. The van der Waals surface area contributed by atoms with Crippen molar-refractivity contribution in [2.24, 2.45) is 0 Å². The summed E-state index contributed by atoms with van der Waals surface area (Å²) < 4.78 is 10.5. The first-order valence-electron chi connectivity index (χ1n) is 9.66. The van der Waals surface area contributed by atoms with Gasteiger partial charge < -0.3 is 14.5 Å². The summed E-state index contributed by atoms with van der Waals surface area (Å²) in [6.07, 6.45) is 1.31. The van der Waals surface area contributed by atoms with E-state index in [2.05, 4.69) is 17.4 Å². The van der Waals surface area contributed by atoms with Crippen molar-refractivity contribution in [3.63, 3.8) is 0 Å². The van der Waals surface area contributed by atoms with Crippen molar-refractivity contribution in [3.05, 3.63) is 71.5 Å². The van der Waals surface area contributed by atoms with Crippen LogP contribution in [0.25, 0.3) is 11.0 Å². The zero-order valence-electron chi connectivity index (χ0n) is 15.8. The second-order valence-electron chi connectivity index (χ2n) is 7.08. The fourth-order valence-corrected chi connectivity index (χ4v) is 3.92. The lowest BCUT2D eigenvalue weighted by molar-refractivity contribution is -0.120. The maximum atomic E-state index is 13.0. The van der Waals surface area contributed by atoms with Crippen LogP contribution in [0.4, 0.5) is 0 Å². The first-order chi connectivity index (χ1) is 13.7. The van der Waals surface area contributed by atoms with Gasteiger partial charge in [-0.3, -0.25) is 4.79 Å². The van der Waals surface area contributed by atoms with Gasteiger partial charge in [-0.25, -0.2) is 4.79 Å². The first kappa shape index (κ1) is 18.4. The van der Waals surface area contributed by atoms with Crippen molar-refractivity contribution in [2.45, 2.75) is 31.7 Å². The van der Waals surface area contributed by atoms with E-state index in [9.17, 15) is 9.59 Å². The summed E-state index contributed by atoms with van der Waals surface area (Å²) in [5.41, 5.74) is 2.73. The summed E-state index contributed by atoms with van der Waals surface area (Å²) in [5.74, 6) is 0.0979. The van der Waals surface area contributed by atoms with E-state index < -0.39 is 5.97 Å². The van der Waals surface area contributed by atoms with Crippen molar-refractivity contribution in [1.29, 1.82) is 0 Å². The molecule has 2 heterocycles. The molecule has 1 aliphatic heterocycles. The quantitative estimate of drug-likeness (QED) is 0.661. The maximum Gasteiger partial charge on any atom is 0.374 e. The molecule has 0 aliphatic carbocycles. The van der Waals surface area contributed by atoms with Crippen molar-refractivity contribution >= 4 is 22.7 Å². The van der Waals surface area contributed by atoms with Gasteiger partial charge in [-0.1, -0.05) is 36.4 Å². The van der Waals surface area contributed by atoms with Gasteiger partial charge >= 0.3 is 5.97 Å². The fourth-order valence-electron chi connectivity index (χ4n) is 3.92. The van der Waals surface area contributed by atoms with Gasteiger partial charge in [0.2, 0.25) is 5.76 Å². The Kier molecular flexibility index (Phi) is 5.26. The number of carbonyl (C=O) groups is 2. The van der Waals surface area contributed by atoms with Crippen molar-refractivity contribution < 1.29 is 18.7 Å². The molecule has 1 aliphatic rings. The van der Waals surface area contributed by atoms with E-state index in [1.54, 1.807) is 19.1 Å². The zero-order valence-corrected chi connectivity index (χ0v) is 15.8. The van der Waals surface area contributed by atoms with Crippen LogP contribution in [0.5, 0.6) is 0 Å². The Morgan fingerprint density at radius 3 is 2.75 bits per heavy atom. The number of ether oxygens (including phenoxy) is 1. The molecule has 0 saturated carbocycles. The van der Waals surface area contributed by atoms with Gasteiger partial charge in [-0.15, -0.1) is 0 Å². The second kappa shape index (κ2) is 7.98. The van der Waals surface area contributed by atoms with Gasteiger partial charge in [-0.05, 0) is 49.2 Å². The summed E-state index contributed by atoms with van der Waals surface area (Å²) in [5, 5.41) is 4.16. The van der Waals surface area contributed by atoms with Crippen LogP contribution in [0, 0.1) is 0 Å². The minimum Gasteiger partial charge on any atom is -0.460 e. The molecule has 0 radical (unpaired) electrons. The third-order valence-electron chi connectivity index (χ3n) is 5.23. The van der Waals surface area contributed by atoms with Gasteiger partial charge in [0.1, 0.15) is 5.58 Å². The number of nitrogens with one attached hydrogen (secondary N) is 1. The SMILES string of the molecule is CCOC(=O)c1cc2cc(CC(=O)[C@H]3NCC[C@@H]3c3ccccc3)ccc2o1. The molecule has 1 N–H and O–H groups in total. The number of esters is 1. The minimum atomic E-state index is -0.475. The van der Waals surface area contributed by atoms with Crippen LogP contribution in [0.15, 0.2) is 59.0 Å². The monoisotopic (exact) mass is 377 g/mol. The zero-order chi connectivity index (χ0) is 19.5. The second-order valence-corrected chi connectivity index (χ2v) is 7.08. The maximum absolute atomic E-state index is 13.0. The van der Waals surface area contributed by atoms with Gasteiger partial charge in [0.25, 0.3) is 0 Å². The Labute approximate surface area is 163 Å². The number of furan rings is 1. The van der Waals surface area contributed by atoms with Crippen LogP contribution in [0.2, 0.25) is 0 Å². The summed E-state index contributed by atoms with van der Waals surface area (Å²) in [7, 11) is 0. The Hall–Kier alpha value is -2.92. The standard InChI is InChI=1S/C23H23NO4/c1-2-27-23(26)21-14-17-12-15(8-9-20(17)28-21)13-19(25)22-18(10-11-24-22)16-6-4-3-5-7-16/h3-9,12,14,18,22,24H,2,10-11,13H2,1H3/t18-,22+/m1/s1. The number of rotatable bonds is 6. The molecule has 2 atom stereocenters. The molecule has 144 valence electrons. The third-order valence-corrected chi connectivity index (χ3v) is 5.23.